The molecule has 26 heavy (non-hydrogen) atoms. The van der Waals surface area contributed by atoms with Crippen LogP contribution in [0.2, 0.25) is 0 Å². The van der Waals surface area contributed by atoms with Gasteiger partial charge in [0.05, 0.1) is 5.56 Å². The average molecular weight is 362 g/mol. The number of nitrogens with one attached hydrogen (secondary N) is 2. The molecule has 2 rings (SSSR count). The molecule has 8 heteroatoms. The molecule has 0 radical (unpaired) electrons. The lowest BCUT2D eigenvalue weighted by Crippen LogP contribution is -2.30. The van der Waals surface area contributed by atoms with E-state index >= 15 is 0 Å². The second-order valence-corrected chi connectivity index (χ2v) is 5.45. The Morgan fingerprint density at radius 1 is 0.923 bits per heavy atom. The first-order chi connectivity index (χ1) is 12.2. The second kappa shape index (κ2) is 8.19. The monoisotopic (exact) mass is 362 g/mol. The van der Waals surface area contributed by atoms with Crippen molar-refractivity contribution in [3.05, 3.63) is 59.7 Å². The molecule has 0 heterocycles. The van der Waals surface area contributed by atoms with Crippen molar-refractivity contribution in [2.75, 3.05) is 10.6 Å². The van der Waals surface area contributed by atoms with Crippen LogP contribution in [0.3, 0.4) is 0 Å². The molecule has 0 aromatic heterocycles. The third-order valence-electron chi connectivity index (χ3n) is 3.22. The molecule has 0 saturated carbocycles. The van der Waals surface area contributed by atoms with E-state index in [1.807, 2.05) is 0 Å². The Morgan fingerprint density at radius 2 is 1.42 bits per heavy atom. The number of carbonyl (C=O) groups excluding carboxylic acids is 3. The molecule has 2 aromatic rings. The first kappa shape index (κ1) is 19.0. The normalized spacial score (nSPS) is 11.4. The smallest absolute Gasteiger partial charge is 0.339 e. The van der Waals surface area contributed by atoms with Crippen LogP contribution in [0.5, 0.6) is 0 Å². The van der Waals surface area contributed by atoms with Crippen LogP contribution >= 0.6 is 0 Å². The van der Waals surface area contributed by atoms with Crippen LogP contribution < -0.4 is 10.6 Å². The predicted molar refractivity (Wildman–Crippen MR) is 90.6 cm³/mol. The molecule has 2 aromatic carbocycles. The third kappa shape index (κ3) is 5.37. The van der Waals surface area contributed by atoms with Crippen LogP contribution in [0.1, 0.15) is 24.2 Å². The molecular formula is C18H16F2N2O4. The second-order valence-electron chi connectivity index (χ2n) is 5.45. The van der Waals surface area contributed by atoms with Gasteiger partial charge in [-0.25, -0.2) is 13.6 Å². The summed E-state index contributed by atoms with van der Waals surface area (Å²) >= 11 is 0. The number of hydrogen-bond acceptors (Lipinski definition) is 4. The van der Waals surface area contributed by atoms with Crippen molar-refractivity contribution < 1.29 is 27.9 Å². The molecule has 0 aliphatic rings. The van der Waals surface area contributed by atoms with Crippen molar-refractivity contribution in [1.82, 2.24) is 0 Å². The largest absolute Gasteiger partial charge is 0.449 e. The van der Waals surface area contributed by atoms with E-state index in [-0.39, 0.29) is 11.5 Å². The standard InChI is InChI=1S/C18H16F2N2O4/c1-10(26-18(25)12-7-13(19)9-14(20)8-12)17(24)22-16-5-3-15(4-6-16)21-11(2)23/h3-10H,1-2H3,(H,21,23)(H,22,24)/t10-/m0/s1. The summed E-state index contributed by atoms with van der Waals surface area (Å²) in [5.74, 6) is -3.72. The molecule has 0 fully saturated rings. The fraction of sp³-hybridized carbons (Fsp3) is 0.167. The molecule has 0 unspecified atom stereocenters. The van der Waals surface area contributed by atoms with Crippen molar-refractivity contribution >= 4 is 29.2 Å². The van der Waals surface area contributed by atoms with Crippen molar-refractivity contribution in [3.63, 3.8) is 0 Å². The third-order valence-corrected chi connectivity index (χ3v) is 3.22. The molecule has 6 nitrogen and oxygen atoms in total. The maximum Gasteiger partial charge on any atom is 0.339 e. The number of hydrogen-bond donors (Lipinski definition) is 2. The Hall–Kier alpha value is -3.29. The van der Waals surface area contributed by atoms with Crippen LogP contribution in [-0.2, 0) is 14.3 Å². The number of halogens is 2. The highest BCUT2D eigenvalue weighted by Crippen LogP contribution is 2.15. The van der Waals surface area contributed by atoms with Gasteiger partial charge in [0.25, 0.3) is 5.91 Å². The van der Waals surface area contributed by atoms with Gasteiger partial charge in [0.2, 0.25) is 5.91 Å². The topological polar surface area (TPSA) is 84.5 Å². The Kier molecular flexibility index (Phi) is 6.00. The molecule has 136 valence electrons. The van der Waals surface area contributed by atoms with Crippen molar-refractivity contribution in [2.24, 2.45) is 0 Å². The summed E-state index contributed by atoms with van der Waals surface area (Å²) in [5, 5.41) is 5.10. The summed E-state index contributed by atoms with van der Waals surface area (Å²) in [4.78, 5) is 34.9. The number of carbonyl (C=O) groups is 3. The minimum Gasteiger partial charge on any atom is -0.449 e. The molecule has 2 amide bonds. The van der Waals surface area contributed by atoms with Gasteiger partial charge in [0.15, 0.2) is 6.10 Å². The Labute approximate surface area is 148 Å². The molecule has 0 aliphatic heterocycles. The first-order valence-corrected chi connectivity index (χ1v) is 7.60. The van der Waals surface area contributed by atoms with Crippen molar-refractivity contribution in [2.45, 2.75) is 20.0 Å². The maximum absolute atomic E-state index is 13.1. The zero-order valence-corrected chi connectivity index (χ0v) is 14.0. The number of rotatable bonds is 5. The average Bonchev–Trinajstić information content (AvgIpc) is 2.55. The quantitative estimate of drug-likeness (QED) is 0.801. The fourth-order valence-electron chi connectivity index (χ4n) is 2.04. The maximum atomic E-state index is 13.1. The number of benzene rings is 2. The van der Waals surface area contributed by atoms with Gasteiger partial charge in [-0.15, -0.1) is 0 Å². The number of ether oxygens (including phenoxy) is 1. The molecule has 1 atom stereocenters. The van der Waals surface area contributed by atoms with Crippen LogP contribution in [0, 0.1) is 11.6 Å². The van der Waals surface area contributed by atoms with Crippen molar-refractivity contribution in [3.8, 4) is 0 Å². The Morgan fingerprint density at radius 3 is 1.92 bits per heavy atom. The minimum absolute atomic E-state index is 0.226. The van der Waals surface area contributed by atoms with Crippen LogP contribution in [0.4, 0.5) is 20.2 Å². The first-order valence-electron chi connectivity index (χ1n) is 7.60. The Bertz CT molecular complexity index is 817. The van der Waals surface area contributed by atoms with Gasteiger partial charge in [-0.1, -0.05) is 0 Å². The van der Waals surface area contributed by atoms with E-state index < -0.39 is 29.6 Å². The van der Waals surface area contributed by atoms with E-state index in [1.54, 1.807) is 24.3 Å². The molecule has 0 aliphatic carbocycles. The summed E-state index contributed by atoms with van der Waals surface area (Å²) in [6, 6.07) is 8.54. The predicted octanol–water partition coefficient (Wildman–Crippen LogP) is 3.11. The highest BCUT2D eigenvalue weighted by atomic mass is 19.1. The lowest BCUT2D eigenvalue weighted by Gasteiger charge is -2.14. The summed E-state index contributed by atoms with van der Waals surface area (Å²) in [6.45, 7) is 2.70. The van der Waals surface area contributed by atoms with Crippen LogP contribution in [0.15, 0.2) is 42.5 Å². The molecule has 2 N–H and O–H groups in total. The lowest BCUT2D eigenvalue weighted by atomic mass is 10.2. The highest BCUT2D eigenvalue weighted by Gasteiger charge is 2.20. The number of esters is 1. The van der Waals surface area contributed by atoms with Gasteiger partial charge in [-0.2, -0.15) is 0 Å². The van der Waals surface area contributed by atoms with Gasteiger partial charge in [-0.05, 0) is 43.3 Å². The van der Waals surface area contributed by atoms with E-state index in [2.05, 4.69) is 10.6 Å². The number of anilines is 2. The fourth-order valence-corrected chi connectivity index (χ4v) is 2.04. The van der Waals surface area contributed by atoms with Gasteiger partial charge in [0, 0.05) is 24.4 Å². The molecule has 0 saturated heterocycles. The van der Waals surface area contributed by atoms with Gasteiger partial charge >= 0.3 is 5.97 Å². The van der Waals surface area contributed by atoms with E-state index in [9.17, 15) is 23.2 Å². The zero-order valence-electron chi connectivity index (χ0n) is 14.0. The molecule has 0 spiro atoms. The summed E-state index contributed by atoms with van der Waals surface area (Å²) in [7, 11) is 0. The molecule has 0 bridgehead atoms. The van der Waals surface area contributed by atoms with E-state index in [0.29, 0.717) is 17.4 Å². The van der Waals surface area contributed by atoms with E-state index in [1.165, 1.54) is 13.8 Å². The van der Waals surface area contributed by atoms with Crippen LogP contribution in [-0.4, -0.2) is 23.9 Å². The summed E-state index contributed by atoms with van der Waals surface area (Å²) < 4.78 is 31.2. The van der Waals surface area contributed by atoms with Gasteiger partial charge in [0.1, 0.15) is 11.6 Å². The van der Waals surface area contributed by atoms with Crippen LogP contribution in [0.25, 0.3) is 0 Å². The SMILES string of the molecule is CC(=O)Nc1ccc(NC(=O)[C@H](C)OC(=O)c2cc(F)cc(F)c2)cc1. The van der Waals surface area contributed by atoms with E-state index in [0.717, 1.165) is 12.1 Å². The van der Waals surface area contributed by atoms with Gasteiger partial charge < -0.3 is 15.4 Å². The minimum atomic E-state index is -1.19. The lowest BCUT2D eigenvalue weighted by molar-refractivity contribution is -0.123. The highest BCUT2D eigenvalue weighted by molar-refractivity contribution is 5.97. The van der Waals surface area contributed by atoms with Crippen molar-refractivity contribution in [1.29, 1.82) is 0 Å². The summed E-state index contributed by atoms with van der Waals surface area (Å²) in [5.41, 5.74) is 0.647. The zero-order chi connectivity index (χ0) is 19.3. The Balaban J connectivity index is 1.96. The van der Waals surface area contributed by atoms with Gasteiger partial charge in [-0.3, -0.25) is 9.59 Å². The summed E-state index contributed by atoms with van der Waals surface area (Å²) in [6.07, 6.45) is -1.19. The molecular weight excluding hydrogens is 346 g/mol. The number of amides is 2. The van der Waals surface area contributed by atoms with E-state index in [4.69, 9.17) is 4.74 Å².